The van der Waals surface area contributed by atoms with Crippen molar-refractivity contribution < 1.29 is 49.0 Å². The predicted octanol–water partition coefficient (Wildman–Crippen LogP) is 0.742. The molecule has 1 aromatic carbocycles. The third-order valence-electron chi connectivity index (χ3n) is 3.85. The van der Waals surface area contributed by atoms with E-state index in [4.69, 9.17) is 4.74 Å². The maximum atomic E-state index is 11.9. The number of carbonyl (C=O) groups excluding carboxylic acids is 2. The van der Waals surface area contributed by atoms with Crippen LogP contribution in [0.2, 0.25) is 0 Å². The summed E-state index contributed by atoms with van der Waals surface area (Å²) in [7, 11) is 0. The molecule has 0 saturated carbocycles. The van der Waals surface area contributed by atoms with Crippen LogP contribution < -0.4 is 34.7 Å². The van der Waals surface area contributed by atoms with Gasteiger partial charge < -0.3 is 14.6 Å². The van der Waals surface area contributed by atoms with E-state index in [-0.39, 0.29) is 40.7 Å². The molecule has 0 aliphatic rings. The predicted molar refractivity (Wildman–Crippen MR) is 88.3 cm³/mol. The SMILES string of the molecule is CCCCCCCCCCCOC(=O)c1ccccc1C(=O)[O-].[Na+]. The van der Waals surface area contributed by atoms with Crippen molar-refractivity contribution in [2.45, 2.75) is 64.7 Å². The molecule has 5 heteroatoms. The molecule has 0 heterocycles. The van der Waals surface area contributed by atoms with Crippen molar-refractivity contribution in [1.29, 1.82) is 0 Å². The number of carboxylic acid groups (broad SMARTS) is 1. The average molecular weight is 342 g/mol. The smallest absolute Gasteiger partial charge is 0.545 e. The molecule has 1 aromatic rings. The number of unbranched alkanes of at least 4 members (excludes halogenated alkanes) is 8. The van der Waals surface area contributed by atoms with Crippen molar-refractivity contribution in [3.05, 3.63) is 35.4 Å². The first kappa shape index (κ1) is 23.2. The first-order chi connectivity index (χ1) is 11.2. The number of aromatic carboxylic acids is 1. The van der Waals surface area contributed by atoms with Gasteiger partial charge in [-0.3, -0.25) is 0 Å². The molecular formula is C19H27NaO4. The Balaban J connectivity index is 0.00000529. The third kappa shape index (κ3) is 9.45. The largest absolute Gasteiger partial charge is 1.00 e. The van der Waals surface area contributed by atoms with E-state index in [1.165, 1.54) is 50.7 Å². The third-order valence-corrected chi connectivity index (χ3v) is 3.85. The summed E-state index contributed by atoms with van der Waals surface area (Å²) in [5.41, 5.74) is -0.0620. The summed E-state index contributed by atoms with van der Waals surface area (Å²) in [6.07, 6.45) is 10.7. The Morgan fingerprint density at radius 3 is 1.92 bits per heavy atom. The van der Waals surface area contributed by atoms with E-state index in [2.05, 4.69) is 6.92 Å². The summed E-state index contributed by atoms with van der Waals surface area (Å²) in [6, 6.07) is 5.97. The topological polar surface area (TPSA) is 66.4 Å². The first-order valence-corrected chi connectivity index (χ1v) is 8.64. The summed E-state index contributed by atoms with van der Waals surface area (Å²) < 4.78 is 5.15. The summed E-state index contributed by atoms with van der Waals surface area (Å²) in [5.74, 6) is -1.95. The van der Waals surface area contributed by atoms with E-state index in [9.17, 15) is 14.7 Å². The van der Waals surface area contributed by atoms with Crippen LogP contribution in [0.1, 0.15) is 85.4 Å². The van der Waals surface area contributed by atoms with Crippen LogP contribution >= 0.6 is 0 Å². The van der Waals surface area contributed by atoms with Gasteiger partial charge in [0.05, 0.1) is 18.1 Å². The number of benzene rings is 1. The van der Waals surface area contributed by atoms with Crippen LogP contribution in [0.5, 0.6) is 0 Å². The van der Waals surface area contributed by atoms with Crippen LogP contribution in [-0.2, 0) is 4.74 Å². The van der Waals surface area contributed by atoms with E-state index in [1.54, 1.807) is 12.1 Å². The minimum Gasteiger partial charge on any atom is -0.545 e. The van der Waals surface area contributed by atoms with Crippen LogP contribution in [0, 0.1) is 0 Å². The molecule has 0 amide bonds. The van der Waals surface area contributed by atoms with Gasteiger partial charge in [-0.1, -0.05) is 76.5 Å². The van der Waals surface area contributed by atoms with Gasteiger partial charge in [0.1, 0.15) is 0 Å². The molecule has 24 heavy (non-hydrogen) atoms. The number of hydrogen-bond donors (Lipinski definition) is 0. The van der Waals surface area contributed by atoms with Gasteiger partial charge in [0.15, 0.2) is 0 Å². The standard InChI is InChI=1S/C19H28O4.Na/c1-2-3-4-5-6-7-8-9-12-15-23-19(22)17-14-11-10-13-16(17)18(20)21;/h10-11,13-14H,2-9,12,15H2,1H3,(H,20,21);/q;+1/p-1. The Hall–Kier alpha value is -0.840. The maximum absolute atomic E-state index is 11.9. The van der Waals surface area contributed by atoms with E-state index < -0.39 is 11.9 Å². The summed E-state index contributed by atoms with van der Waals surface area (Å²) >= 11 is 0. The Bertz CT molecular complexity index is 488. The minimum absolute atomic E-state index is 0. The molecule has 0 aliphatic carbocycles. The van der Waals surface area contributed by atoms with Crippen molar-refractivity contribution in [3.8, 4) is 0 Å². The van der Waals surface area contributed by atoms with Crippen molar-refractivity contribution in [1.82, 2.24) is 0 Å². The van der Waals surface area contributed by atoms with Crippen molar-refractivity contribution in [2.75, 3.05) is 6.61 Å². The van der Waals surface area contributed by atoms with Gasteiger partial charge in [0, 0.05) is 5.56 Å². The van der Waals surface area contributed by atoms with E-state index in [0.717, 1.165) is 19.3 Å². The maximum Gasteiger partial charge on any atom is 1.00 e. The van der Waals surface area contributed by atoms with Crippen LogP contribution in [0.25, 0.3) is 0 Å². The van der Waals surface area contributed by atoms with Gasteiger partial charge in [-0.2, -0.15) is 0 Å². The molecule has 0 radical (unpaired) electrons. The molecule has 0 saturated heterocycles. The van der Waals surface area contributed by atoms with Gasteiger partial charge in [0.25, 0.3) is 0 Å². The van der Waals surface area contributed by atoms with Gasteiger partial charge >= 0.3 is 35.5 Å². The monoisotopic (exact) mass is 342 g/mol. The molecule has 4 nitrogen and oxygen atoms in total. The summed E-state index contributed by atoms with van der Waals surface area (Å²) in [4.78, 5) is 22.8. The number of hydrogen-bond acceptors (Lipinski definition) is 4. The number of carbonyl (C=O) groups is 2. The zero-order valence-corrected chi connectivity index (χ0v) is 17.0. The Kier molecular flexibility index (Phi) is 14.0. The zero-order chi connectivity index (χ0) is 16.9. The molecule has 0 N–H and O–H groups in total. The fourth-order valence-electron chi connectivity index (χ4n) is 2.49. The summed E-state index contributed by atoms with van der Waals surface area (Å²) in [6.45, 7) is 2.54. The van der Waals surface area contributed by atoms with Gasteiger partial charge in [-0.25, -0.2) is 4.79 Å². The second-order valence-electron chi connectivity index (χ2n) is 5.80. The Labute approximate surface area is 167 Å². The molecule has 0 spiro atoms. The van der Waals surface area contributed by atoms with Crippen LogP contribution in [0.15, 0.2) is 24.3 Å². The number of rotatable bonds is 12. The van der Waals surface area contributed by atoms with E-state index >= 15 is 0 Å². The van der Waals surface area contributed by atoms with Crippen molar-refractivity contribution >= 4 is 11.9 Å². The van der Waals surface area contributed by atoms with Gasteiger partial charge in [-0.05, 0) is 12.5 Å². The fraction of sp³-hybridized carbons (Fsp3) is 0.579. The van der Waals surface area contributed by atoms with Crippen molar-refractivity contribution in [2.24, 2.45) is 0 Å². The zero-order valence-electron chi connectivity index (χ0n) is 15.0. The van der Waals surface area contributed by atoms with Crippen molar-refractivity contribution in [3.63, 3.8) is 0 Å². The molecule has 0 atom stereocenters. The number of ether oxygens (including phenoxy) is 1. The van der Waals surface area contributed by atoms with Gasteiger partial charge in [-0.15, -0.1) is 0 Å². The second-order valence-corrected chi connectivity index (χ2v) is 5.80. The first-order valence-electron chi connectivity index (χ1n) is 8.64. The van der Waals surface area contributed by atoms with E-state index in [0.29, 0.717) is 6.61 Å². The Morgan fingerprint density at radius 2 is 1.38 bits per heavy atom. The molecule has 128 valence electrons. The Morgan fingerprint density at radius 1 is 0.875 bits per heavy atom. The molecule has 0 unspecified atom stereocenters. The molecule has 0 aromatic heterocycles. The average Bonchev–Trinajstić information content (AvgIpc) is 2.56. The molecule has 1 rings (SSSR count). The van der Waals surface area contributed by atoms with Gasteiger partial charge in [0.2, 0.25) is 0 Å². The normalized spacial score (nSPS) is 10.0. The minimum atomic E-state index is -1.36. The van der Waals surface area contributed by atoms with Crippen LogP contribution in [-0.4, -0.2) is 18.5 Å². The van der Waals surface area contributed by atoms with E-state index in [1.807, 2.05) is 0 Å². The number of esters is 1. The molecular weight excluding hydrogens is 315 g/mol. The molecule has 0 fully saturated rings. The fourth-order valence-corrected chi connectivity index (χ4v) is 2.49. The van der Waals surface area contributed by atoms with Crippen LogP contribution in [0.4, 0.5) is 0 Å². The quantitative estimate of drug-likeness (QED) is 0.319. The second kappa shape index (κ2) is 14.5. The number of carboxylic acids is 1. The van der Waals surface area contributed by atoms with Crippen LogP contribution in [0.3, 0.4) is 0 Å². The molecule has 0 aliphatic heterocycles. The summed E-state index contributed by atoms with van der Waals surface area (Å²) in [5, 5.41) is 10.9. The molecule has 0 bridgehead atoms.